The van der Waals surface area contributed by atoms with Crippen molar-refractivity contribution in [2.45, 2.75) is 18.7 Å². The van der Waals surface area contributed by atoms with Gasteiger partial charge in [-0.25, -0.2) is 4.98 Å². The first kappa shape index (κ1) is 12.1. The van der Waals surface area contributed by atoms with Crippen molar-refractivity contribution in [2.24, 2.45) is 5.73 Å². The van der Waals surface area contributed by atoms with E-state index in [0.29, 0.717) is 17.4 Å². The average Bonchev–Trinajstić information content (AvgIpc) is 2.16. The first-order chi connectivity index (χ1) is 7.11. The van der Waals surface area contributed by atoms with E-state index in [2.05, 4.69) is 4.98 Å². The molecule has 84 valence electrons. The van der Waals surface area contributed by atoms with Gasteiger partial charge in [-0.05, 0) is 13.0 Å². The first-order valence-electron chi connectivity index (χ1n) is 4.72. The number of nitrogens with zero attached hydrogens (tertiary/aromatic N) is 1. The van der Waals surface area contributed by atoms with Crippen molar-refractivity contribution < 1.29 is 8.95 Å². The van der Waals surface area contributed by atoms with Crippen LogP contribution in [0.4, 0.5) is 0 Å². The smallest absolute Gasteiger partial charge is 0.213 e. The third kappa shape index (κ3) is 4.40. The fraction of sp³-hybridized carbons (Fsp3) is 0.500. The summed E-state index contributed by atoms with van der Waals surface area (Å²) < 4.78 is 16.6. The number of pyridine rings is 1. The van der Waals surface area contributed by atoms with Gasteiger partial charge < -0.3 is 10.5 Å². The van der Waals surface area contributed by atoms with Crippen molar-refractivity contribution in [3.63, 3.8) is 0 Å². The molecule has 1 heterocycles. The van der Waals surface area contributed by atoms with Crippen molar-refractivity contribution in [1.82, 2.24) is 4.98 Å². The SMILES string of the molecule is COc1cccc(CS(=O)CC(C)N)n1. The Balaban J connectivity index is 2.60. The van der Waals surface area contributed by atoms with Crippen molar-refractivity contribution >= 4 is 10.8 Å². The van der Waals surface area contributed by atoms with E-state index in [9.17, 15) is 4.21 Å². The molecule has 15 heavy (non-hydrogen) atoms. The van der Waals surface area contributed by atoms with E-state index >= 15 is 0 Å². The summed E-state index contributed by atoms with van der Waals surface area (Å²) in [7, 11) is 0.606. The Labute approximate surface area is 92.3 Å². The van der Waals surface area contributed by atoms with E-state index in [0.717, 1.165) is 5.69 Å². The highest BCUT2D eigenvalue weighted by Crippen LogP contribution is 2.08. The maximum atomic E-state index is 11.6. The molecule has 0 fully saturated rings. The minimum Gasteiger partial charge on any atom is -0.481 e. The van der Waals surface area contributed by atoms with Gasteiger partial charge >= 0.3 is 0 Å². The Morgan fingerprint density at radius 3 is 2.93 bits per heavy atom. The molecule has 0 aliphatic rings. The van der Waals surface area contributed by atoms with Crippen LogP contribution >= 0.6 is 0 Å². The Kier molecular flexibility index (Phi) is 4.71. The zero-order valence-corrected chi connectivity index (χ0v) is 9.79. The molecule has 1 aromatic rings. The molecule has 0 spiro atoms. The fourth-order valence-corrected chi connectivity index (χ4v) is 2.36. The molecule has 0 saturated carbocycles. The second-order valence-corrected chi connectivity index (χ2v) is 4.90. The lowest BCUT2D eigenvalue weighted by Gasteiger charge is -2.05. The molecule has 0 bridgehead atoms. The number of nitrogens with two attached hydrogens (primary N) is 1. The third-order valence-electron chi connectivity index (χ3n) is 1.75. The topological polar surface area (TPSA) is 65.2 Å². The second-order valence-electron chi connectivity index (χ2n) is 3.40. The van der Waals surface area contributed by atoms with Crippen LogP contribution in [0.2, 0.25) is 0 Å². The zero-order chi connectivity index (χ0) is 11.3. The summed E-state index contributed by atoms with van der Waals surface area (Å²) in [5.74, 6) is 1.47. The van der Waals surface area contributed by atoms with Crippen LogP contribution in [0.3, 0.4) is 0 Å². The predicted molar refractivity (Wildman–Crippen MR) is 61.2 cm³/mol. The highest BCUT2D eigenvalue weighted by atomic mass is 32.2. The largest absolute Gasteiger partial charge is 0.481 e. The van der Waals surface area contributed by atoms with Gasteiger partial charge in [0, 0.05) is 28.7 Å². The van der Waals surface area contributed by atoms with E-state index in [1.165, 1.54) is 0 Å². The monoisotopic (exact) mass is 228 g/mol. The Hall–Kier alpha value is -0.940. The van der Waals surface area contributed by atoms with Gasteiger partial charge in [-0.3, -0.25) is 4.21 Å². The molecule has 1 aromatic heterocycles. The maximum Gasteiger partial charge on any atom is 0.213 e. The number of rotatable bonds is 5. The van der Waals surface area contributed by atoms with Crippen LogP contribution in [-0.4, -0.2) is 28.1 Å². The van der Waals surface area contributed by atoms with Gasteiger partial charge in [0.25, 0.3) is 0 Å². The van der Waals surface area contributed by atoms with E-state index in [1.807, 2.05) is 19.1 Å². The minimum atomic E-state index is -0.954. The molecule has 0 saturated heterocycles. The quantitative estimate of drug-likeness (QED) is 0.805. The number of ether oxygens (including phenoxy) is 1. The summed E-state index contributed by atoms with van der Waals surface area (Å²) >= 11 is 0. The van der Waals surface area contributed by atoms with E-state index in [4.69, 9.17) is 10.5 Å². The first-order valence-corrected chi connectivity index (χ1v) is 6.21. The fourth-order valence-electron chi connectivity index (χ4n) is 1.17. The van der Waals surface area contributed by atoms with Crippen LogP contribution in [-0.2, 0) is 16.6 Å². The van der Waals surface area contributed by atoms with Crippen molar-refractivity contribution in [3.8, 4) is 5.88 Å². The van der Waals surface area contributed by atoms with E-state index in [1.54, 1.807) is 13.2 Å². The summed E-state index contributed by atoms with van der Waals surface area (Å²) in [6.07, 6.45) is 0. The average molecular weight is 228 g/mol. The summed E-state index contributed by atoms with van der Waals surface area (Å²) in [4.78, 5) is 4.18. The highest BCUT2D eigenvalue weighted by molar-refractivity contribution is 7.84. The normalized spacial score (nSPS) is 14.6. The lowest BCUT2D eigenvalue weighted by atomic mass is 10.4. The number of aromatic nitrogens is 1. The van der Waals surface area contributed by atoms with Gasteiger partial charge in [0.15, 0.2) is 0 Å². The molecule has 0 aromatic carbocycles. The molecule has 0 amide bonds. The summed E-state index contributed by atoms with van der Waals surface area (Å²) in [5, 5.41) is 0. The molecular weight excluding hydrogens is 212 g/mol. The standard InChI is InChI=1S/C10H16N2O2S/c1-8(11)6-15(13)7-9-4-3-5-10(12-9)14-2/h3-5,8H,6-7,11H2,1-2H3. The van der Waals surface area contributed by atoms with Crippen molar-refractivity contribution in [2.75, 3.05) is 12.9 Å². The lowest BCUT2D eigenvalue weighted by Crippen LogP contribution is -2.23. The summed E-state index contributed by atoms with van der Waals surface area (Å²) in [5.41, 5.74) is 6.34. The highest BCUT2D eigenvalue weighted by Gasteiger charge is 2.06. The van der Waals surface area contributed by atoms with Gasteiger partial charge in [-0.15, -0.1) is 0 Å². The summed E-state index contributed by atoms with van der Waals surface area (Å²) in [6, 6.07) is 5.39. The third-order valence-corrected chi connectivity index (χ3v) is 3.26. The van der Waals surface area contributed by atoms with Crippen LogP contribution < -0.4 is 10.5 Å². The molecular formula is C10H16N2O2S. The molecule has 4 nitrogen and oxygen atoms in total. The molecule has 0 radical (unpaired) electrons. The van der Waals surface area contributed by atoms with Crippen LogP contribution in [0.25, 0.3) is 0 Å². The molecule has 0 aliphatic carbocycles. The number of hydrogen-bond donors (Lipinski definition) is 1. The lowest BCUT2D eigenvalue weighted by molar-refractivity contribution is 0.397. The molecule has 1 rings (SSSR count). The number of hydrogen-bond acceptors (Lipinski definition) is 4. The van der Waals surface area contributed by atoms with Gasteiger partial charge in [0.1, 0.15) is 0 Å². The maximum absolute atomic E-state index is 11.6. The number of methoxy groups -OCH3 is 1. The van der Waals surface area contributed by atoms with Crippen LogP contribution in [0, 0.1) is 0 Å². The molecule has 5 heteroatoms. The van der Waals surface area contributed by atoms with Gasteiger partial charge in [0.05, 0.1) is 18.6 Å². The Bertz CT molecular complexity index is 342. The van der Waals surface area contributed by atoms with E-state index < -0.39 is 10.8 Å². The van der Waals surface area contributed by atoms with Crippen LogP contribution in [0.1, 0.15) is 12.6 Å². The van der Waals surface area contributed by atoms with Crippen LogP contribution in [0.15, 0.2) is 18.2 Å². The molecule has 2 N–H and O–H groups in total. The van der Waals surface area contributed by atoms with Gasteiger partial charge in [0.2, 0.25) is 5.88 Å². The Morgan fingerprint density at radius 2 is 2.33 bits per heavy atom. The minimum absolute atomic E-state index is 0.0450. The molecule has 2 unspecified atom stereocenters. The Morgan fingerprint density at radius 1 is 1.60 bits per heavy atom. The van der Waals surface area contributed by atoms with Crippen molar-refractivity contribution in [3.05, 3.63) is 23.9 Å². The van der Waals surface area contributed by atoms with Gasteiger partial charge in [-0.2, -0.15) is 0 Å². The van der Waals surface area contributed by atoms with E-state index in [-0.39, 0.29) is 6.04 Å². The zero-order valence-electron chi connectivity index (χ0n) is 8.97. The van der Waals surface area contributed by atoms with Crippen LogP contribution in [0.5, 0.6) is 5.88 Å². The molecule has 2 atom stereocenters. The van der Waals surface area contributed by atoms with Crippen molar-refractivity contribution in [1.29, 1.82) is 0 Å². The molecule has 0 aliphatic heterocycles. The predicted octanol–water partition coefficient (Wildman–Crippen LogP) is 0.686. The van der Waals surface area contributed by atoms with Gasteiger partial charge in [-0.1, -0.05) is 6.07 Å². The second kappa shape index (κ2) is 5.82. The summed E-state index contributed by atoms with van der Waals surface area (Å²) in [6.45, 7) is 1.84.